The van der Waals surface area contributed by atoms with Gasteiger partial charge in [0.15, 0.2) is 5.78 Å². The number of hydrogen-bond donors (Lipinski definition) is 1. The Morgan fingerprint density at radius 3 is 2.70 bits per heavy atom. The fourth-order valence-corrected chi connectivity index (χ4v) is 3.81. The number of nitrogens with one attached hydrogen (secondary N) is 1. The van der Waals surface area contributed by atoms with Crippen LogP contribution in [-0.2, 0) is 0 Å². The summed E-state index contributed by atoms with van der Waals surface area (Å²) < 4.78 is 13.2. The van der Waals surface area contributed by atoms with Gasteiger partial charge in [0.2, 0.25) is 0 Å². The van der Waals surface area contributed by atoms with E-state index in [1.165, 1.54) is 17.7 Å². The fraction of sp³-hybridized carbons (Fsp3) is 0.250. The van der Waals surface area contributed by atoms with Gasteiger partial charge in [-0.05, 0) is 60.7 Å². The number of Topliss-reactive ketones (excluding diaryl/α,β-unsaturated/α-hetero) is 1. The molecule has 0 aromatic heterocycles. The Bertz CT molecular complexity index is 794. The molecule has 0 unspecified atom stereocenters. The average molecular weight is 307 g/mol. The lowest BCUT2D eigenvalue weighted by atomic mass is 9.76. The highest BCUT2D eigenvalue weighted by Gasteiger charge is 2.37. The van der Waals surface area contributed by atoms with E-state index in [2.05, 4.69) is 17.5 Å². The minimum atomic E-state index is -0.211. The van der Waals surface area contributed by atoms with Gasteiger partial charge in [0, 0.05) is 17.2 Å². The normalized spacial score (nSPS) is 24.7. The predicted octanol–water partition coefficient (Wildman–Crippen LogP) is 4.85. The van der Waals surface area contributed by atoms with E-state index in [9.17, 15) is 9.18 Å². The van der Waals surface area contributed by atoms with E-state index in [1.807, 2.05) is 30.3 Å². The molecule has 0 bridgehead atoms. The Morgan fingerprint density at radius 1 is 1.17 bits per heavy atom. The molecule has 3 heteroatoms. The Balaban J connectivity index is 1.77. The molecule has 0 saturated heterocycles. The molecule has 2 nitrogen and oxygen atoms in total. The average Bonchev–Trinajstić information content (AvgIpc) is 3.04. The predicted molar refractivity (Wildman–Crippen MR) is 89.2 cm³/mol. The van der Waals surface area contributed by atoms with E-state index in [4.69, 9.17) is 0 Å². The van der Waals surface area contributed by atoms with Crippen molar-refractivity contribution in [2.45, 2.75) is 25.3 Å². The van der Waals surface area contributed by atoms with Gasteiger partial charge in [-0.15, -0.1) is 0 Å². The van der Waals surface area contributed by atoms with Crippen LogP contribution in [0.3, 0.4) is 0 Å². The molecule has 116 valence electrons. The number of hydrogen-bond acceptors (Lipinski definition) is 2. The number of halogens is 1. The lowest BCUT2D eigenvalue weighted by molar-refractivity contribution is 0.101. The molecule has 0 fully saturated rings. The molecule has 1 aliphatic carbocycles. The van der Waals surface area contributed by atoms with Gasteiger partial charge >= 0.3 is 0 Å². The largest absolute Gasteiger partial charge is 0.378 e. The number of anilines is 1. The summed E-state index contributed by atoms with van der Waals surface area (Å²) in [6.45, 7) is 1.60. The molecule has 0 spiro atoms. The highest BCUT2D eigenvalue weighted by Crippen LogP contribution is 2.49. The van der Waals surface area contributed by atoms with Crippen molar-refractivity contribution in [2.75, 3.05) is 5.32 Å². The molecule has 2 aromatic rings. The van der Waals surface area contributed by atoms with Crippen molar-refractivity contribution in [2.24, 2.45) is 5.92 Å². The Hall–Kier alpha value is -2.42. The first-order chi connectivity index (χ1) is 11.1. The number of fused-ring (bicyclic) bond motifs is 3. The van der Waals surface area contributed by atoms with Crippen LogP contribution in [-0.4, -0.2) is 5.78 Å². The first-order valence-corrected chi connectivity index (χ1v) is 7.97. The first-order valence-electron chi connectivity index (χ1n) is 7.97. The van der Waals surface area contributed by atoms with E-state index in [0.717, 1.165) is 23.2 Å². The molecular weight excluding hydrogens is 289 g/mol. The molecule has 0 saturated carbocycles. The van der Waals surface area contributed by atoms with Gasteiger partial charge < -0.3 is 5.32 Å². The van der Waals surface area contributed by atoms with Crippen molar-refractivity contribution in [3.8, 4) is 0 Å². The van der Waals surface area contributed by atoms with Gasteiger partial charge in [0.05, 0.1) is 6.04 Å². The van der Waals surface area contributed by atoms with Crippen LogP contribution < -0.4 is 5.32 Å². The van der Waals surface area contributed by atoms with Crippen molar-refractivity contribution in [3.63, 3.8) is 0 Å². The third-order valence-electron chi connectivity index (χ3n) is 5.00. The highest BCUT2D eigenvalue weighted by molar-refractivity contribution is 5.95. The van der Waals surface area contributed by atoms with Crippen molar-refractivity contribution in [1.82, 2.24) is 0 Å². The van der Waals surface area contributed by atoms with Crippen molar-refractivity contribution < 1.29 is 9.18 Å². The van der Waals surface area contributed by atoms with Gasteiger partial charge in [-0.25, -0.2) is 4.39 Å². The lowest BCUT2D eigenvalue weighted by Crippen LogP contribution is -2.29. The molecule has 1 N–H and O–H groups in total. The van der Waals surface area contributed by atoms with E-state index >= 15 is 0 Å². The molecular formula is C20H18FNO. The summed E-state index contributed by atoms with van der Waals surface area (Å²) >= 11 is 0. The number of benzene rings is 2. The smallest absolute Gasteiger partial charge is 0.159 e. The Kier molecular flexibility index (Phi) is 3.29. The third kappa shape index (κ3) is 2.37. The van der Waals surface area contributed by atoms with Gasteiger partial charge in [-0.3, -0.25) is 4.79 Å². The summed E-state index contributed by atoms with van der Waals surface area (Å²) in [5.41, 5.74) is 4.11. The number of rotatable bonds is 2. The third-order valence-corrected chi connectivity index (χ3v) is 5.00. The second-order valence-electron chi connectivity index (χ2n) is 6.39. The molecule has 3 atom stereocenters. The standard InChI is InChI=1S/C20H18FNO/c1-12(23)14-7-10-19-18(11-14)16-3-2-4-17(16)20(22-19)13-5-8-15(21)9-6-13/h2-3,5-11,16-17,20,22H,4H2,1H3/t16-,17-,20-/m0/s1. The zero-order chi connectivity index (χ0) is 16.0. The summed E-state index contributed by atoms with van der Waals surface area (Å²) in [5.74, 6) is 0.583. The molecule has 2 aliphatic rings. The van der Waals surface area contributed by atoms with Crippen molar-refractivity contribution in [3.05, 3.63) is 77.1 Å². The number of ketones is 1. The van der Waals surface area contributed by atoms with E-state index in [-0.39, 0.29) is 17.6 Å². The quantitative estimate of drug-likeness (QED) is 0.634. The summed E-state index contributed by atoms with van der Waals surface area (Å²) in [5, 5.41) is 3.60. The van der Waals surface area contributed by atoms with Gasteiger partial charge in [0.25, 0.3) is 0 Å². The Labute approximate surface area is 135 Å². The topological polar surface area (TPSA) is 29.1 Å². The lowest BCUT2D eigenvalue weighted by Gasteiger charge is -2.37. The van der Waals surface area contributed by atoms with Crippen LogP contribution in [0, 0.1) is 11.7 Å². The molecule has 23 heavy (non-hydrogen) atoms. The maximum atomic E-state index is 13.2. The van der Waals surface area contributed by atoms with Crippen LogP contribution in [0.4, 0.5) is 10.1 Å². The second-order valence-corrected chi connectivity index (χ2v) is 6.39. The minimum Gasteiger partial charge on any atom is -0.378 e. The SMILES string of the molecule is CC(=O)c1ccc2c(c1)[C@H]1C=CC[C@@H]1[C@H](c1ccc(F)cc1)N2. The van der Waals surface area contributed by atoms with Crippen molar-refractivity contribution >= 4 is 11.5 Å². The van der Waals surface area contributed by atoms with Crippen LogP contribution in [0.2, 0.25) is 0 Å². The first kappa shape index (κ1) is 14.2. The maximum absolute atomic E-state index is 13.2. The van der Waals surface area contributed by atoms with E-state index < -0.39 is 0 Å². The Morgan fingerprint density at radius 2 is 1.96 bits per heavy atom. The zero-order valence-electron chi connectivity index (χ0n) is 12.9. The summed E-state index contributed by atoms with van der Waals surface area (Å²) in [7, 11) is 0. The van der Waals surface area contributed by atoms with E-state index in [0.29, 0.717) is 11.8 Å². The van der Waals surface area contributed by atoms with Gasteiger partial charge in [0.1, 0.15) is 5.82 Å². The molecule has 0 radical (unpaired) electrons. The molecule has 1 heterocycles. The van der Waals surface area contributed by atoms with Crippen LogP contribution in [0.1, 0.15) is 46.8 Å². The van der Waals surface area contributed by atoms with E-state index in [1.54, 1.807) is 6.92 Å². The number of allylic oxidation sites excluding steroid dienone is 2. The summed E-state index contributed by atoms with van der Waals surface area (Å²) in [6.07, 6.45) is 5.44. The summed E-state index contributed by atoms with van der Waals surface area (Å²) in [4.78, 5) is 11.7. The summed E-state index contributed by atoms with van der Waals surface area (Å²) in [6, 6.07) is 12.8. The monoisotopic (exact) mass is 307 g/mol. The van der Waals surface area contributed by atoms with Crippen LogP contribution in [0.5, 0.6) is 0 Å². The fourth-order valence-electron chi connectivity index (χ4n) is 3.81. The number of carbonyl (C=O) groups excluding carboxylic acids is 1. The van der Waals surface area contributed by atoms with Crippen molar-refractivity contribution in [1.29, 1.82) is 0 Å². The molecule has 2 aromatic carbocycles. The molecule has 0 amide bonds. The maximum Gasteiger partial charge on any atom is 0.159 e. The molecule has 1 aliphatic heterocycles. The highest BCUT2D eigenvalue weighted by atomic mass is 19.1. The second kappa shape index (κ2) is 5.34. The zero-order valence-corrected chi connectivity index (χ0v) is 12.9. The minimum absolute atomic E-state index is 0.0898. The number of carbonyl (C=O) groups is 1. The van der Waals surface area contributed by atoms with Crippen LogP contribution >= 0.6 is 0 Å². The van der Waals surface area contributed by atoms with Crippen LogP contribution in [0.15, 0.2) is 54.6 Å². The van der Waals surface area contributed by atoms with Gasteiger partial charge in [-0.2, -0.15) is 0 Å². The molecule has 4 rings (SSSR count). The van der Waals surface area contributed by atoms with Gasteiger partial charge in [-0.1, -0.05) is 24.3 Å². The van der Waals surface area contributed by atoms with Crippen LogP contribution in [0.25, 0.3) is 0 Å².